The predicted octanol–water partition coefficient (Wildman–Crippen LogP) is 1.94. The van der Waals surface area contributed by atoms with Gasteiger partial charge in [-0.05, 0) is 18.6 Å². The number of morpholine rings is 1. The molecule has 3 heterocycles. The topological polar surface area (TPSA) is 55.5 Å². The van der Waals surface area contributed by atoms with E-state index in [9.17, 15) is 0 Å². The van der Waals surface area contributed by atoms with Gasteiger partial charge in [-0.1, -0.05) is 30.3 Å². The lowest BCUT2D eigenvalue weighted by molar-refractivity contribution is 0.122. The second kappa shape index (κ2) is 5.38. The van der Waals surface area contributed by atoms with Crippen LogP contribution in [-0.4, -0.2) is 46.1 Å². The van der Waals surface area contributed by atoms with Crippen LogP contribution in [0.15, 0.2) is 36.4 Å². The zero-order chi connectivity index (χ0) is 14.9. The Hall–Kier alpha value is -2.47. The van der Waals surface area contributed by atoms with Gasteiger partial charge in [0.2, 0.25) is 0 Å². The second-order valence-electron chi connectivity index (χ2n) is 5.41. The SMILES string of the molecule is Cc1cc(N2CCOCC2)nn2c(-c3ccccc3)nnc12. The third kappa shape index (κ3) is 2.21. The normalized spacial score (nSPS) is 15.4. The maximum atomic E-state index is 5.42. The van der Waals surface area contributed by atoms with Crippen molar-refractivity contribution < 1.29 is 4.74 Å². The molecule has 0 aliphatic carbocycles. The van der Waals surface area contributed by atoms with E-state index in [4.69, 9.17) is 9.84 Å². The van der Waals surface area contributed by atoms with E-state index >= 15 is 0 Å². The zero-order valence-electron chi connectivity index (χ0n) is 12.4. The number of aryl methyl sites for hydroxylation is 1. The molecule has 0 atom stereocenters. The van der Waals surface area contributed by atoms with Crippen LogP contribution >= 0.6 is 0 Å². The van der Waals surface area contributed by atoms with Gasteiger partial charge in [-0.2, -0.15) is 4.52 Å². The quantitative estimate of drug-likeness (QED) is 0.723. The van der Waals surface area contributed by atoms with Crippen molar-refractivity contribution in [2.24, 2.45) is 0 Å². The molecule has 1 aliphatic rings. The first kappa shape index (κ1) is 13.2. The van der Waals surface area contributed by atoms with Crippen molar-refractivity contribution in [2.45, 2.75) is 6.92 Å². The molecule has 6 nitrogen and oxygen atoms in total. The lowest BCUT2D eigenvalue weighted by Crippen LogP contribution is -2.37. The highest BCUT2D eigenvalue weighted by molar-refractivity contribution is 5.62. The number of ether oxygens (including phenoxy) is 1. The van der Waals surface area contributed by atoms with Gasteiger partial charge in [0, 0.05) is 18.7 Å². The molecule has 112 valence electrons. The number of rotatable bonds is 2. The fourth-order valence-corrected chi connectivity index (χ4v) is 2.72. The highest BCUT2D eigenvalue weighted by Gasteiger charge is 2.17. The van der Waals surface area contributed by atoms with Crippen molar-refractivity contribution in [1.29, 1.82) is 0 Å². The summed E-state index contributed by atoms with van der Waals surface area (Å²) in [5.41, 5.74) is 2.89. The summed E-state index contributed by atoms with van der Waals surface area (Å²) in [7, 11) is 0. The summed E-state index contributed by atoms with van der Waals surface area (Å²) in [4.78, 5) is 2.24. The Labute approximate surface area is 128 Å². The van der Waals surface area contributed by atoms with Gasteiger partial charge in [-0.3, -0.25) is 0 Å². The van der Waals surface area contributed by atoms with E-state index in [0.29, 0.717) is 0 Å². The Morgan fingerprint density at radius 3 is 2.59 bits per heavy atom. The molecule has 0 bridgehead atoms. The number of hydrogen-bond donors (Lipinski definition) is 0. The maximum absolute atomic E-state index is 5.42. The van der Waals surface area contributed by atoms with Crippen LogP contribution in [0.4, 0.5) is 5.82 Å². The molecular formula is C16H17N5O. The second-order valence-corrected chi connectivity index (χ2v) is 5.41. The number of nitrogens with zero attached hydrogens (tertiary/aromatic N) is 5. The molecule has 0 N–H and O–H groups in total. The molecular weight excluding hydrogens is 278 g/mol. The Kier molecular flexibility index (Phi) is 3.23. The Bertz CT molecular complexity index is 793. The zero-order valence-corrected chi connectivity index (χ0v) is 12.4. The van der Waals surface area contributed by atoms with Crippen molar-refractivity contribution in [2.75, 3.05) is 31.2 Å². The van der Waals surface area contributed by atoms with Crippen molar-refractivity contribution in [3.05, 3.63) is 42.0 Å². The van der Waals surface area contributed by atoms with Crippen molar-refractivity contribution >= 4 is 11.5 Å². The lowest BCUT2D eigenvalue weighted by Gasteiger charge is -2.27. The molecule has 1 aliphatic heterocycles. The standard InChI is InChI=1S/C16H17N5O/c1-12-11-14(20-7-9-22-10-8-20)19-21-15(12)17-18-16(21)13-5-3-2-4-6-13/h2-6,11H,7-10H2,1H3. The van der Waals surface area contributed by atoms with Crippen LogP contribution in [0.2, 0.25) is 0 Å². The average Bonchev–Trinajstić information content (AvgIpc) is 3.01. The van der Waals surface area contributed by atoms with E-state index in [1.165, 1.54) is 0 Å². The first-order valence-corrected chi connectivity index (χ1v) is 7.44. The molecule has 0 amide bonds. The van der Waals surface area contributed by atoms with Gasteiger partial charge in [0.25, 0.3) is 0 Å². The summed E-state index contributed by atoms with van der Waals surface area (Å²) in [5, 5.41) is 13.4. The van der Waals surface area contributed by atoms with E-state index in [1.807, 2.05) is 41.8 Å². The molecule has 1 saturated heterocycles. The number of hydrogen-bond acceptors (Lipinski definition) is 5. The maximum Gasteiger partial charge on any atom is 0.185 e. The fourth-order valence-electron chi connectivity index (χ4n) is 2.72. The highest BCUT2D eigenvalue weighted by atomic mass is 16.5. The first-order chi connectivity index (χ1) is 10.8. The Morgan fingerprint density at radius 1 is 1.05 bits per heavy atom. The summed E-state index contributed by atoms with van der Waals surface area (Å²) < 4.78 is 7.26. The van der Waals surface area contributed by atoms with Crippen LogP contribution in [0.1, 0.15) is 5.56 Å². The van der Waals surface area contributed by atoms with Crippen LogP contribution in [-0.2, 0) is 4.74 Å². The molecule has 4 rings (SSSR count). The van der Waals surface area contributed by atoms with E-state index in [2.05, 4.69) is 21.2 Å². The molecule has 0 spiro atoms. The van der Waals surface area contributed by atoms with Crippen molar-refractivity contribution in [3.63, 3.8) is 0 Å². The number of benzene rings is 1. The van der Waals surface area contributed by atoms with E-state index in [1.54, 1.807) is 0 Å². The van der Waals surface area contributed by atoms with Crippen LogP contribution in [0, 0.1) is 6.92 Å². The summed E-state index contributed by atoms with van der Waals surface area (Å²) in [6, 6.07) is 12.1. The predicted molar refractivity (Wildman–Crippen MR) is 84.0 cm³/mol. The summed E-state index contributed by atoms with van der Waals surface area (Å²) in [6.07, 6.45) is 0. The smallest absolute Gasteiger partial charge is 0.185 e. The van der Waals surface area contributed by atoms with Gasteiger partial charge in [-0.25, -0.2) is 0 Å². The third-order valence-electron chi connectivity index (χ3n) is 3.91. The molecule has 3 aromatic rings. The largest absolute Gasteiger partial charge is 0.378 e. The van der Waals surface area contributed by atoms with Gasteiger partial charge in [-0.15, -0.1) is 15.3 Å². The lowest BCUT2D eigenvalue weighted by atomic mass is 10.2. The van der Waals surface area contributed by atoms with Gasteiger partial charge in [0.15, 0.2) is 11.5 Å². The number of aromatic nitrogens is 4. The molecule has 1 aromatic carbocycles. The van der Waals surface area contributed by atoms with Crippen LogP contribution in [0.5, 0.6) is 0 Å². The van der Waals surface area contributed by atoms with Crippen molar-refractivity contribution in [1.82, 2.24) is 19.8 Å². The Balaban J connectivity index is 1.84. The van der Waals surface area contributed by atoms with Gasteiger partial charge in [0.05, 0.1) is 13.2 Å². The van der Waals surface area contributed by atoms with Gasteiger partial charge in [0.1, 0.15) is 5.82 Å². The minimum atomic E-state index is 0.743. The Morgan fingerprint density at radius 2 is 1.82 bits per heavy atom. The third-order valence-corrected chi connectivity index (χ3v) is 3.91. The molecule has 6 heteroatoms. The molecule has 0 radical (unpaired) electrons. The summed E-state index contributed by atoms with van der Waals surface area (Å²) in [5.74, 6) is 1.72. The molecule has 22 heavy (non-hydrogen) atoms. The monoisotopic (exact) mass is 295 g/mol. The number of anilines is 1. The van der Waals surface area contributed by atoms with Gasteiger partial charge >= 0.3 is 0 Å². The van der Waals surface area contributed by atoms with E-state index in [0.717, 1.165) is 54.7 Å². The van der Waals surface area contributed by atoms with E-state index < -0.39 is 0 Å². The van der Waals surface area contributed by atoms with Crippen LogP contribution in [0.25, 0.3) is 17.0 Å². The minimum Gasteiger partial charge on any atom is -0.378 e. The van der Waals surface area contributed by atoms with Crippen LogP contribution < -0.4 is 4.90 Å². The molecule has 1 fully saturated rings. The fraction of sp³-hybridized carbons (Fsp3) is 0.312. The number of fused-ring (bicyclic) bond motifs is 1. The van der Waals surface area contributed by atoms with Gasteiger partial charge < -0.3 is 9.64 Å². The average molecular weight is 295 g/mol. The highest BCUT2D eigenvalue weighted by Crippen LogP contribution is 2.22. The molecule has 0 unspecified atom stereocenters. The summed E-state index contributed by atoms with van der Waals surface area (Å²) >= 11 is 0. The van der Waals surface area contributed by atoms with E-state index in [-0.39, 0.29) is 0 Å². The summed E-state index contributed by atoms with van der Waals surface area (Å²) in [6.45, 7) is 5.25. The molecule has 0 saturated carbocycles. The van der Waals surface area contributed by atoms with Crippen LogP contribution in [0.3, 0.4) is 0 Å². The molecule has 2 aromatic heterocycles. The minimum absolute atomic E-state index is 0.743. The first-order valence-electron chi connectivity index (χ1n) is 7.44. The van der Waals surface area contributed by atoms with Crippen molar-refractivity contribution in [3.8, 4) is 11.4 Å².